The van der Waals surface area contributed by atoms with Gasteiger partial charge in [-0.3, -0.25) is 28.8 Å². The van der Waals surface area contributed by atoms with Crippen molar-refractivity contribution in [3.63, 3.8) is 0 Å². The van der Waals surface area contributed by atoms with E-state index in [1.165, 1.54) is 7.05 Å². The van der Waals surface area contributed by atoms with E-state index in [0.717, 1.165) is 12.9 Å². The maximum Gasteiger partial charge on any atom is 0.243 e. The maximum atomic E-state index is 15.1. The molecular weight excluding hydrogens is 1340 g/mol. The molecule has 0 unspecified atom stereocenters. The van der Waals surface area contributed by atoms with Crippen LogP contribution in [-0.4, -0.2) is 194 Å². The molecular formula is C71H106N14O12S3. The number of hydrogen-bond donors (Lipinski definition) is 11. The Bertz CT molecular complexity index is 3610. The first-order valence-electron chi connectivity index (χ1n) is 34.3. The molecule has 15 N–H and O–H groups in total. The van der Waals surface area contributed by atoms with Crippen LogP contribution in [0, 0.1) is 0 Å². The van der Waals surface area contributed by atoms with Crippen LogP contribution >= 0.6 is 0 Å². The van der Waals surface area contributed by atoms with Gasteiger partial charge < -0.3 is 60.2 Å². The molecule has 0 radical (unpaired) electrons. The SMILES string of the molecule is CNC(=O)CN(C[C@H](Cc1ccccc1)NC(=O)[C@H](Cc1ccccc1)NC(=O)CN(C[C@H](CCCCN)NC(=O)[C@H](Cc1ccccc1)NC(=O)CN(C[C@H](CCCCN)NC(=O)[C@H](CCCCN)NC(C)C)S(=O)(=O)Cc1ccccc1)S(=O)(=O)CCN)S(=O)(=O)Cc1ccccc1. The number of nitrogens with one attached hydrogen (secondary N) is 7. The molecule has 0 saturated heterocycles. The lowest BCUT2D eigenvalue weighted by Crippen LogP contribution is -2.57. The second-order valence-corrected chi connectivity index (χ2v) is 31.3. The van der Waals surface area contributed by atoms with Crippen molar-refractivity contribution in [2.75, 3.05) is 78.2 Å². The molecule has 6 atom stereocenters. The summed E-state index contributed by atoms with van der Waals surface area (Å²) in [6, 6.07) is 36.9. The summed E-state index contributed by atoms with van der Waals surface area (Å²) in [5.74, 6) is -5.84. The Kier molecular flexibility index (Phi) is 36.5. The molecule has 0 fully saturated rings. The normalized spacial score (nSPS) is 13.8. The predicted octanol–water partition coefficient (Wildman–Crippen LogP) is 1.89. The number of benzene rings is 5. The van der Waals surface area contributed by atoms with Crippen LogP contribution in [0.2, 0.25) is 0 Å². The van der Waals surface area contributed by atoms with Gasteiger partial charge in [-0.05, 0) is 92.4 Å². The third-order valence-electron chi connectivity index (χ3n) is 16.5. The molecule has 0 aliphatic rings. The fraction of sp³-hybridized carbons (Fsp3) is 0.493. The lowest BCUT2D eigenvalue weighted by molar-refractivity contribution is -0.130. The number of sulfonamides is 3. The van der Waals surface area contributed by atoms with Crippen LogP contribution in [0.5, 0.6) is 0 Å². The summed E-state index contributed by atoms with van der Waals surface area (Å²) >= 11 is 0. The number of carbonyl (C=O) groups is 6. The summed E-state index contributed by atoms with van der Waals surface area (Å²) in [5.41, 5.74) is 26.4. The first-order valence-corrected chi connectivity index (χ1v) is 39.1. The van der Waals surface area contributed by atoms with Crippen molar-refractivity contribution in [1.82, 2.24) is 50.1 Å². The molecule has 0 saturated carbocycles. The number of nitrogens with zero attached hydrogens (tertiary/aromatic N) is 3. The first kappa shape index (κ1) is 83.1. The number of carbonyl (C=O) groups excluding carboxylic acids is 6. The molecule has 0 aliphatic carbocycles. The molecule has 100 heavy (non-hydrogen) atoms. The van der Waals surface area contributed by atoms with E-state index in [4.69, 9.17) is 22.9 Å². The molecule has 0 aromatic heterocycles. The van der Waals surface area contributed by atoms with Crippen molar-refractivity contribution in [2.45, 2.75) is 145 Å². The van der Waals surface area contributed by atoms with E-state index in [1.54, 1.807) is 152 Å². The highest BCUT2D eigenvalue weighted by Crippen LogP contribution is 2.19. The number of rotatable bonds is 49. The van der Waals surface area contributed by atoms with Crippen LogP contribution in [0.1, 0.15) is 99.5 Å². The zero-order valence-electron chi connectivity index (χ0n) is 57.9. The van der Waals surface area contributed by atoms with Crippen LogP contribution in [0.15, 0.2) is 152 Å². The lowest BCUT2D eigenvalue weighted by atomic mass is 10.0. The Morgan fingerprint density at radius 2 is 0.690 bits per heavy atom. The molecule has 0 heterocycles. The number of likely N-dealkylation sites (N-methyl/N-ethyl adjacent to an activating group) is 1. The molecule has 29 heteroatoms. The average molecular weight is 1440 g/mol. The number of hydrogen-bond acceptors (Lipinski definition) is 17. The molecule has 5 rings (SSSR count). The summed E-state index contributed by atoms with van der Waals surface area (Å²) in [7, 11) is -11.6. The Balaban J connectivity index is 1.47. The molecule has 6 amide bonds. The summed E-state index contributed by atoms with van der Waals surface area (Å²) in [4.78, 5) is 86.5. The van der Waals surface area contributed by atoms with E-state index in [0.29, 0.717) is 92.3 Å². The topological polar surface area (TPSA) is 403 Å². The quantitative estimate of drug-likeness (QED) is 0.0248. The van der Waals surface area contributed by atoms with Crippen LogP contribution in [-0.2, 0) is 89.6 Å². The van der Waals surface area contributed by atoms with Gasteiger partial charge >= 0.3 is 0 Å². The van der Waals surface area contributed by atoms with Crippen molar-refractivity contribution in [1.29, 1.82) is 0 Å². The second-order valence-electron chi connectivity index (χ2n) is 25.3. The van der Waals surface area contributed by atoms with E-state index in [1.807, 2.05) is 13.8 Å². The van der Waals surface area contributed by atoms with E-state index < -0.39 is 139 Å². The lowest BCUT2D eigenvalue weighted by Gasteiger charge is -2.31. The smallest absolute Gasteiger partial charge is 0.243 e. The van der Waals surface area contributed by atoms with Gasteiger partial charge in [0.15, 0.2) is 0 Å². The van der Waals surface area contributed by atoms with E-state index in [-0.39, 0.29) is 63.8 Å². The Morgan fingerprint density at radius 1 is 0.370 bits per heavy atom. The third kappa shape index (κ3) is 30.7. The number of unbranched alkanes of at least 4 members (excludes halogenated alkanes) is 3. The van der Waals surface area contributed by atoms with E-state index >= 15 is 4.79 Å². The summed E-state index contributed by atoms with van der Waals surface area (Å²) < 4.78 is 89.6. The van der Waals surface area contributed by atoms with Gasteiger partial charge in [0, 0.05) is 70.2 Å². The van der Waals surface area contributed by atoms with Crippen LogP contribution < -0.4 is 60.2 Å². The van der Waals surface area contributed by atoms with Gasteiger partial charge in [-0.2, -0.15) is 12.9 Å². The summed E-state index contributed by atoms with van der Waals surface area (Å²) in [6.45, 7) is 1.09. The van der Waals surface area contributed by atoms with Crippen LogP contribution in [0.3, 0.4) is 0 Å². The minimum absolute atomic E-state index is 0.0675. The molecule has 5 aromatic carbocycles. The summed E-state index contributed by atoms with van der Waals surface area (Å²) in [6.07, 6.45) is 4.03. The Morgan fingerprint density at radius 3 is 1.05 bits per heavy atom. The predicted molar refractivity (Wildman–Crippen MR) is 391 cm³/mol. The van der Waals surface area contributed by atoms with Crippen LogP contribution in [0.25, 0.3) is 0 Å². The zero-order chi connectivity index (χ0) is 72.9. The van der Waals surface area contributed by atoms with Crippen molar-refractivity contribution in [2.24, 2.45) is 22.9 Å². The van der Waals surface area contributed by atoms with E-state index in [2.05, 4.69) is 37.2 Å². The second kappa shape index (κ2) is 44.0. The van der Waals surface area contributed by atoms with Crippen molar-refractivity contribution < 1.29 is 54.0 Å². The van der Waals surface area contributed by atoms with Crippen LogP contribution in [0.4, 0.5) is 0 Å². The molecule has 5 aromatic rings. The average Bonchev–Trinajstić information content (AvgIpc) is 0.838. The van der Waals surface area contributed by atoms with Crippen molar-refractivity contribution in [3.05, 3.63) is 179 Å². The molecule has 0 bridgehead atoms. The van der Waals surface area contributed by atoms with Gasteiger partial charge in [-0.1, -0.05) is 185 Å². The minimum Gasteiger partial charge on any atom is -0.358 e. The summed E-state index contributed by atoms with van der Waals surface area (Å²) in [5, 5.41) is 20.3. The van der Waals surface area contributed by atoms with Gasteiger partial charge in [0.25, 0.3) is 0 Å². The fourth-order valence-corrected chi connectivity index (χ4v) is 15.7. The van der Waals surface area contributed by atoms with E-state index in [9.17, 15) is 49.2 Å². The highest BCUT2D eigenvalue weighted by atomic mass is 32.2. The van der Waals surface area contributed by atoms with Gasteiger partial charge in [-0.15, -0.1) is 0 Å². The fourth-order valence-electron chi connectivity index (χ4n) is 11.4. The van der Waals surface area contributed by atoms with Gasteiger partial charge in [0.1, 0.15) is 12.1 Å². The molecule has 0 spiro atoms. The Labute approximate surface area is 591 Å². The third-order valence-corrected chi connectivity index (χ3v) is 21.8. The zero-order valence-corrected chi connectivity index (χ0v) is 60.4. The number of amides is 6. The molecule has 26 nitrogen and oxygen atoms in total. The van der Waals surface area contributed by atoms with Gasteiger partial charge in [0.2, 0.25) is 65.5 Å². The largest absolute Gasteiger partial charge is 0.358 e. The highest BCUT2D eigenvalue weighted by Gasteiger charge is 2.36. The highest BCUT2D eigenvalue weighted by molar-refractivity contribution is 7.89. The maximum absolute atomic E-state index is 15.1. The number of nitrogens with two attached hydrogens (primary N) is 4. The Hall–Kier alpha value is -7.55. The standard InChI is InChI=1S/C71H106N14O12S3/c1-54(2)77-63(37-21-24-40-74)69(89)78-61(36-20-23-39-73)47-84(99(94,95)52-58-31-15-7-16-32-58)51-68(88)81-64(44-56-27-11-5-12-28-56)70(90)79-60(35-19-22-38-72)46-83(98(92,93)42-41-75)50-67(87)82-65(45-57-29-13-6-14-30-57)71(91)80-62(43-55-25-9-4-10-26-55)48-85(49-66(86)76-3)100(96,97)53-59-33-17-8-18-34-59/h4-18,25-34,54,60-65,77H,19-24,35-53,72-75H2,1-3H3,(H,76,86)(H,78,89)(H,79,90)(H,80,91)(H,81,88)(H,82,87)/t60-,61-,62-,63-,64-,65-/m0/s1. The molecule has 550 valence electrons. The monoisotopic (exact) mass is 1440 g/mol. The van der Waals surface area contributed by atoms with Crippen molar-refractivity contribution >= 4 is 65.5 Å². The molecule has 0 aliphatic heterocycles. The first-order chi connectivity index (χ1) is 47.9. The van der Waals surface area contributed by atoms with Gasteiger partial charge in [-0.25, -0.2) is 25.3 Å². The minimum atomic E-state index is -4.44. The van der Waals surface area contributed by atoms with Gasteiger partial charge in [0.05, 0.1) is 42.9 Å². The van der Waals surface area contributed by atoms with Crippen molar-refractivity contribution in [3.8, 4) is 0 Å².